The van der Waals surface area contributed by atoms with Crippen LogP contribution in [0, 0.1) is 5.92 Å². The van der Waals surface area contributed by atoms with Crippen molar-refractivity contribution in [2.75, 3.05) is 26.8 Å². The third-order valence-electron chi connectivity index (χ3n) is 4.92. The summed E-state index contributed by atoms with van der Waals surface area (Å²) in [7, 11) is 1.64. The second kappa shape index (κ2) is 10.0. The first-order valence-electron chi connectivity index (χ1n) is 10.1. The molecule has 1 aromatic carbocycles. The number of nitrogens with zero attached hydrogens (tertiary/aromatic N) is 2. The number of likely N-dealkylation sites (tertiary alicyclic amines) is 1. The minimum absolute atomic E-state index is 0.152. The Morgan fingerprint density at radius 1 is 1.18 bits per heavy atom. The van der Waals surface area contributed by atoms with E-state index in [1.165, 1.54) is 37.4 Å². The van der Waals surface area contributed by atoms with E-state index in [1.807, 2.05) is 24.3 Å². The molecule has 1 saturated heterocycles. The molecule has 1 fully saturated rings. The summed E-state index contributed by atoms with van der Waals surface area (Å²) in [6, 6.07) is 5.78. The van der Waals surface area contributed by atoms with Crippen molar-refractivity contribution in [2.24, 2.45) is 10.9 Å². The third kappa shape index (κ3) is 5.53. The van der Waals surface area contributed by atoms with Gasteiger partial charge in [0.15, 0.2) is 16.7 Å². The number of aliphatic imine (C=N–C) groups is 1. The summed E-state index contributed by atoms with van der Waals surface area (Å²) in [5.74, 6) is 1.86. The van der Waals surface area contributed by atoms with Crippen LogP contribution in [-0.2, 0) is 4.79 Å². The van der Waals surface area contributed by atoms with E-state index in [-0.39, 0.29) is 5.91 Å². The lowest BCUT2D eigenvalue weighted by Crippen LogP contribution is -2.28. The Hall–Kier alpha value is -1.95. The van der Waals surface area contributed by atoms with Gasteiger partial charge >= 0.3 is 0 Å². The zero-order valence-electron chi connectivity index (χ0n) is 17.1. The summed E-state index contributed by atoms with van der Waals surface area (Å²) in [6.45, 7) is 6.99. The van der Waals surface area contributed by atoms with Gasteiger partial charge in [0.05, 0.1) is 18.6 Å². The molecule has 0 saturated carbocycles. The van der Waals surface area contributed by atoms with Gasteiger partial charge < -0.3 is 14.4 Å². The lowest BCUT2D eigenvalue weighted by molar-refractivity contribution is -0.113. The molecule has 6 heteroatoms. The van der Waals surface area contributed by atoms with Crippen LogP contribution in [-0.4, -0.2) is 42.8 Å². The molecule has 0 unspecified atom stereocenters. The normalized spacial score (nSPS) is 19.1. The van der Waals surface area contributed by atoms with Crippen molar-refractivity contribution in [3.63, 3.8) is 0 Å². The zero-order chi connectivity index (χ0) is 19.9. The van der Waals surface area contributed by atoms with E-state index in [0.717, 1.165) is 36.0 Å². The standard InChI is InChI=1S/C22H30N2O3S/c1-16(2)10-13-27-18-9-8-17(14-19(18)26-3)15-20-21(25)23-22(28-20)24-11-6-4-5-7-12-24/h8-9,14-16H,4-7,10-13H2,1-3H3/b20-15-. The van der Waals surface area contributed by atoms with E-state index in [9.17, 15) is 4.79 Å². The van der Waals surface area contributed by atoms with Crippen molar-refractivity contribution in [1.29, 1.82) is 0 Å². The monoisotopic (exact) mass is 402 g/mol. The third-order valence-corrected chi connectivity index (χ3v) is 5.97. The van der Waals surface area contributed by atoms with Crippen LogP contribution in [0.1, 0.15) is 51.5 Å². The number of amidine groups is 1. The minimum atomic E-state index is -0.152. The van der Waals surface area contributed by atoms with Crippen LogP contribution >= 0.6 is 11.8 Å². The Morgan fingerprint density at radius 2 is 1.93 bits per heavy atom. The van der Waals surface area contributed by atoms with Crippen LogP contribution < -0.4 is 9.47 Å². The Labute approximate surface area is 172 Å². The van der Waals surface area contributed by atoms with Crippen LogP contribution in [0.4, 0.5) is 0 Å². The molecule has 2 aliphatic rings. The fourth-order valence-corrected chi connectivity index (χ4v) is 4.21. The second-order valence-electron chi connectivity index (χ2n) is 7.65. The van der Waals surface area contributed by atoms with Crippen LogP contribution in [0.3, 0.4) is 0 Å². The van der Waals surface area contributed by atoms with Gasteiger partial charge in [0.2, 0.25) is 0 Å². The van der Waals surface area contributed by atoms with E-state index in [1.54, 1.807) is 7.11 Å². The Bertz CT molecular complexity index is 750. The molecule has 1 aromatic rings. The average molecular weight is 403 g/mol. The average Bonchev–Trinajstić information content (AvgIpc) is 2.87. The minimum Gasteiger partial charge on any atom is -0.493 e. The molecule has 0 bridgehead atoms. The number of thioether (sulfide) groups is 1. The number of methoxy groups -OCH3 is 1. The quantitative estimate of drug-likeness (QED) is 0.629. The molecule has 0 radical (unpaired) electrons. The molecular formula is C22H30N2O3S. The predicted octanol–water partition coefficient (Wildman–Crippen LogP) is 4.97. The predicted molar refractivity (Wildman–Crippen MR) is 116 cm³/mol. The highest BCUT2D eigenvalue weighted by Gasteiger charge is 2.26. The van der Waals surface area contributed by atoms with Crippen LogP contribution in [0.25, 0.3) is 6.08 Å². The number of ether oxygens (including phenoxy) is 2. The van der Waals surface area contributed by atoms with Crippen molar-refractivity contribution in [3.8, 4) is 11.5 Å². The summed E-state index contributed by atoms with van der Waals surface area (Å²) in [6.07, 6.45) is 7.75. The van der Waals surface area contributed by atoms with E-state index in [0.29, 0.717) is 23.2 Å². The number of carbonyl (C=O) groups excluding carboxylic acids is 1. The lowest BCUT2D eigenvalue weighted by Gasteiger charge is -2.20. The van der Waals surface area contributed by atoms with Crippen molar-refractivity contribution in [3.05, 3.63) is 28.7 Å². The first-order chi connectivity index (χ1) is 13.6. The van der Waals surface area contributed by atoms with Gasteiger partial charge in [-0.25, -0.2) is 0 Å². The number of hydrogen-bond acceptors (Lipinski definition) is 5. The van der Waals surface area contributed by atoms with E-state index >= 15 is 0 Å². The Kier molecular flexibility index (Phi) is 7.43. The molecule has 0 aliphatic carbocycles. The second-order valence-corrected chi connectivity index (χ2v) is 8.66. The number of carbonyl (C=O) groups is 1. The maximum absolute atomic E-state index is 12.4. The summed E-state index contributed by atoms with van der Waals surface area (Å²) in [5, 5.41) is 0.846. The van der Waals surface area contributed by atoms with Crippen molar-refractivity contribution in [1.82, 2.24) is 4.90 Å². The molecule has 2 aliphatic heterocycles. The summed E-state index contributed by atoms with van der Waals surface area (Å²) in [5.41, 5.74) is 0.913. The molecular weight excluding hydrogens is 372 g/mol. The first kappa shape index (κ1) is 20.8. The van der Waals surface area contributed by atoms with Gasteiger partial charge in [0, 0.05) is 13.1 Å². The zero-order valence-corrected chi connectivity index (χ0v) is 17.9. The molecule has 0 atom stereocenters. The molecule has 0 aromatic heterocycles. The van der Waals surface area contributed by atoms with Crippen LogP contribution in [0.15, 0.2) is 28.1 Å². The van der Waals surface area contributed by atoms with Gasteiger partial charge in [-0.1, -0.05) is 32.8 Å². The van der Waals surface area contributed by atoms with Crippen LogP contribution in [0.2, 0.25) is 0 Å². The van der Waals surface area contributed by atoms with E-state index in [2.05, 4.69) is 23.7 Å². The Morgan fingerprint density at radius 3 is 2.61 bits per heavy atom. The maximum Gasteiger partial charge on any atom is 0.286 e. The number of amides is 1. The highest BCUT2D eigenvalue weighted by Crippen LogP contribution is 2.34. The van der Waals surface area contributed by atoms with Gasteiger partial charge in [0.1, 0.15) is 0 Å². The van der Waals surface area contributed by atoms with Gasteiger partial charge in [-0.2, -0.15) is 4.99 Å². The lowest BCUT2D eigenvalue weighted by atomic mass is 10.1. The largest absolute Gasteiger partial charge is 0.493 e. The van der Waals surface area contributed by atoms with Crippen molar-refractivity contribution in [2.45, 2.75) is 46.0 Å². The highest BCUT2D eigenvalue weighted by molar-refractivity contribution is 8.18. The molecule has 2 heterocycles. The first-order valence-corrected chi connectivity index (χ1v) is 11.0. The summed E-state index contributed by atoms with van der Waals surface area (Å²) >= 11 is 1.48. The van der Waals surface area contributed by atoms with Crippen molar-refractivity contribution >= 4 is 28.9 Å². The summed E-state index contributed by atoms with van der Waals surface area (Å²) < 4.78 is 11.3. The molecule has 28 heavy (non-hydrogen) atoms. The summed E-state index contributed by atoms with van der Waals surface area (Å²) in [4.78, 5) is 19.6. The number of benzene rings is 1. The molecule has 0 N–H and O–H groups in total. The number of hydrogen-bond donors (Lipinski definition) is 0. The van der Waals surface area contributed by atoms with Gasteiger partial charge in [-0.15, -0.1) is 0 Å². The molecule has 152 valence electrons. The number of rotatable bonds is 6. The smallest absolute Gasteiger partial charge is 0.286 e. The SMILES string of the molecule is COc1cc(/C=C2\SC(N3CCCCCC3)=NC2=O)ccc1OCCC(C)C. The van der Waals surface area contributed by atoms with E-state index in [4.69, 9.17) is 9.47 Å². The topological polar surface area (TPSA) is 51.1 Å². The van der Waals surface area contributed by atoms with Crippen LogP contribution in [0.5, 0.6) is 11.5 Å². The fourth-order valence-electron chi connectivity index (χ4n) is 3.24. The molecule has 3 rings (SSSR count). The Balaban J connectivity index is 1.68. The molecule has 1 amide bonds. The van der Waals surface area contributed by atoms with Gasteiger partial charge in [0.25, 0.3) is 5.91 Å². The fraction of sp³-hybridized carbons (Fsp3) is 0.545. The van der Waals surface area contributed by atoms with Gasteiger partial charge in [-0.05, 0) is 60.7 Å². The van der Waals surface area contributed by atoms with E-state index < -0.39 is 0 Å². The molecule has 0 spiro atoms. The van der Waals surface area contributed by atoms with Gasteiger partial charge in [-0.3, -0.25) is 4.79 Å². The van der Waals surface area contributed by atoms with Crippen molar-refractivity contribution < 1.29 is 14.3 Å². The highest BCUT2D eigenvalue weighted by atomic mass is 32.2. The molecule has 5 nitrogen and oxygen atoms in total. The maximum atomic E-state index is 12.4.